The predicted octanol–water partition coefficient (Wildman–Crippen LogP) is 3.13. The van der Waals surface area contributed by atoms with Crippen LogP contribution in [0, 0.1) is 11.3 Å². The molecule has 1 saturated heterocycles. The Bertz CT molecular complexity index is 187. The highest BCUT2D eigenvalue weighted by Gasteiger charge is 2.30. The van der Waals surface area contributed by atoms with Gasteiger partial charge in [-0.05, 0) is 43.8 Å². The van der Waals surface area contributed by atoms with Crippen molar-refractivity contribution in [3.05, 3.63) is 0 Å². The lowest BCUT2D eigenvalue weighted by molar-refractivity contribution is 0.0960. The van der Waals surface area contributed by atoms with Gasteiger partial charge in [0.25, 0.3) is 0 Å². The topological polar surface area (TPSA) is 15.3 Å². The summed E-state index contributed by atoms with van der Waals surface area (Å²) in [4.78, 5) is 2.64. The molecule has 0 aromatic carbocycles. The summed E-state index contributed by atoms with van der Waals surface area (Å²) in [6, 6.07) is 0. The Morgan fingerprint density at radius 3 is 2.18 bits per heavy atom. The summed E-state index contributed by atoms with van der Waals surface area (Å²) in [5, 5.41) is 3.54. The Morgan fingerprint density at radius 1 is 1.12 bits per heavy atom. The zero-order valence-corrected chi connectivity index (χ0v) is 12.4. The van der Waals surface area contributed by atoms with E-state index in [2.05, 4.69) is 37.9 Å². The summed E-state index contributed by atoms with van der Waals surface area (Å²) < 4.78 is 0. The number of rotatable bonds is 7. The average molecular weight is 240 g/mol. The molecule has 0 aromatic heterocycles. The fraction of sp³-hybridized carbons (Fsp3) is 1.00. The lowest BCUT2D eigenvalue weighted by atomic mass is 9.74. The van der Waals surface area contributed by atoms with Crippen molar-refractivity contribution >= 4 is 0 Å². The van der Waals surface area contributed by atoms with Crippen LogP contribution in [0.2, 0.25) is 0 Å². The highest BCUT2D eigenvalue weighted by atomic mass is 15.1. The standard InChI is InChI=1S/C15H32N2/c1-5-15(6-2)7-10-17(11-8-15)12-9-16-13-14(3)4/h14,16H,5-13H2,1-4H3. The smallest absolute Gasteiger partial charge is 0.0107 e. The summed E-state index contributed by atoms with van der Waals surface area (Å²) in [6.45, 7) is 15.4. The zero-order valence-electron chi connectivity index (χ0n) is 12.4. The third-order valence-electron chi connectivity index (χ3n) is 4.57. The molecule has 2 heteroatoms. The number of piperidine rings is 1. The molecule has 0 bridgehead atoms. The second-order valence-electron chi connectivity index (χ2n) is 6.15. The van der Waals surface area contributed by atoms with Crippen molar-refractivity contribution in [3.8, 4) is 0 Å². The van der Waals surface area contributed by atoms with Gasteiger partial charge in [-0.3, -0.25) is 0 Å². The average Bonchev–Trinajstić information content (AvgIpc) is 2.35. The number of nitrogens with zero attached hydrogens (tertiary/aromatic N) is 1. The molecule has 0 atom stereocenters. The monoisotopic (exact) mass is 240 g/mol. The van der Waals surface area contributed by atoms with Crippen molar-refractivity contribution in [1.29, 1.82) is 0 Å². The van der Waals surface area contributed by atoms with Crippen molar-refractivity contribution in [2.75, 3.05) is 32.7 Å². The van der Waals surface area contributed by atoms with Crippen LogP contribution in [0.25, 0.3) is 0 Å². The zero-order chi connectivity index (χ0) is 12.7. The molecule has 1 heterocycles. The number of likely N-dealkylation sites (tertiary alicyclic amines) is 1. The number of nitrogens with one attached hydrogen (secondary N) is 1. The minimum atomic E-state index is 0.669. The van der Waals surface area contributed by atoms with Gasteiger partial charge in [0, 0.05) is 13.1 Å². The minimum Gasteiger partial charge on any atom is -0.315 e. The van der Waals surface area contributed by atoms with Gasteiger partial charge in [0.15, 0.2) is 0 Å². The van der Waals surface area contributed by atoms with E-state index in [9.17, 15) is 0 Å². The number of hydrogen-bond acceptors (Lipinski definition) is 2. The van der Waals surface area contributed by atoms with E-state index in [1.54, 1.807) is 0 Å². The maximum Gasteiger partial charge on any atom is 0.0107 e. The summed E-state index contributed by atoms with van der Waals surface area (Å²) >= 11 is 0. The first-order chi connectivity index (χ1) is 8.12. The van der Waals surface area contributed by atoms with Gasteiger partial charge >= 0.3 is 0 Å². The fourth-order valence-corrected chi connectivity index (χ4v) is 2.84. The molecule has 0 radical (unpaired) electrons. The minimum absolute atomic E-state index is 0.669. The molecule has 17 heavy (non-hydrogen) atoms. The predicted molar refractivity (Wildman–Crippen MR) is 76.4 cm³/mol. The maximum absolute atomic E-state index is 3.54. The van der Waals surface area contributed by atoms with Gasteiger partial charge in [-0.1, -0.05) is 40.5 Å². The molecule has 1 aliphatic heterocycles. The molecule has 2 nitrogen and oxygen atoms in total. The Balaban J connectivity index is 2.14. The van der Waals surface area contributed by atoms with Crippen LogP contribution in [0.5, 0.6) is 0 Å². The van der Waals surface area contributed by atoms with E-state index in [4.69, 9.17) is 0 Å². The van der Waals surface area contributed by atoms with E-state index in [1.165, 1.54) is 45.3 Å². The lowest BCUT2D eigenvalue weighted by Gasteiger charge is -2.41. The van der Waals surface area contributed by atoms with E-state index < -0.39 is 0 Å². The Labute approximate surface area is 108 Å². The summed E-state index contributed by atoms with van der Waals surface area (Å²) in [7, 11) is 0. The first kappa shape index (κ1) is 15.0. The summed E-state index contributed by atoms with van der Waals surface area (Å²) in [5.41, 5.74) is 0.669. The van der Waals surface area contributed by atoms with Crippen molar-refractivity contribution < 1.29 is 0 Å². The molecule has 0 aromatic rings. The van der Waals surface area contributed by atoms with Crippen LogP contribution >= 0.6 is 0 Å². The molecule has 0 saturated carbocycles. The van der Waals surface area contributed by atoms with E-state index in [0.29, 0.717) is 5.41 Å². The third-order valence-corrected chi connectivity index (χ3v) is 4.57. The van der Waals surface area contributed by atoms with Gasteiger partial charge in [-0.25, -0.2) is 0 Å². The quantitative estimate of drug-likeness (QED) is 0.688. The first-order valence-electron chi connectivity index (χ1n) is 7.55. The second kappa shape index (κ2) is 7.38. The van der Waals surface area contributed by atoms with Crippen LogP contribution in [-0.4, -0.2) is 37.6 Å². The van der Waals surface area contributed by atoms with Gasteiger partial charge in [0.2, 0.25) is 0 Å². The fourth-order valence-electron chi connectivity index (χ4n) is 2.84. The van der Waals surface area contributed by atoms with Gasteiger partial charge in [-0.15, -0.1) is 0 Å². The highest BCUT2D eigenvalue weighted by molar-refractivity contribution is 4.84. The van der Waals surface area contributed by atoms with Crippen LogP contribution in [0.15, 0.2) is 0 Å². The number of hydrogen-bond donors (Lipinski definition) is 1. The van der Waals surface area contributed by atoms with E-state index in [0.717, 1.165) is 19.0 Å². The molecule has 1 aliphatic rings. The Kier molecular flexibility index (Phi) is 6.50. The van der Waals surface area contributed by atoms with Gasteiger partial charge < -0.3 is 10.2 Å². The molecule has 0 unspecified atom stereocenters. The lowest BCUT2D eigenvalue weighted by Crippen LogP contribution is -2.42. The molecule has 102 valence electrons. The third kappa shape index (κ3) is 4.97. The maximum atomic E-state index is 3.54. The van der Waals surface area contributed by atoms with E-state index in [1.807, 2.05) is 0 Å². The van der Waals surface area contributed by atoms with Crippen molar-refractivity contribution in [2.45, 2.75) is 53.4 Å². The molecule has 0 aliphatic carbocycles. The summed E-state index contributed by atoms with van der Waals surface area (Å²) in [5.74, 6) is 0.768. The van der Waals surface area contributed by atoms with Crippen molar-refractivity contribution in [3.63, 3.8) is 0 Å². The second-order valence-corrected chi connectivity index (χ2v) is 6.15. The van der Waals surface area contributed by atoms with E-state index in [-0.39, 0.29) is 0 Å². The molecule has 0 spiro atoms. The Hall–Kier alpha value is -0.0800. The van der Waals surface area contributed by atoms with Crippen molar-refractivity contribution in [1.82, 2.24) is 10.2 Å². The van der Waals surface area contributed by atoms with Crippen LogP contribution < -0.4 is 5.32 Å². The molecular weight excluding hydrogens is 208 g/mol. The van der Waals surface area contributed by atoms with Crippen LogP contribution in [0.1, 0.15) is 53.4 Å². The van der Waals surface area contributed by atoms with E-state index >= 15 is 0 Å². The van der Waals surface area contributed by atoms with Crippen LogP contribution in [0.3, 0.4) is 0 Å². The molecule has 0 amide bonds. The highest BCUT2D eigenvalue weighted by Crippen LogP contribution is 2.37. The Morgan fingerprint density at radius 2 is 1.71 bits per heavy atom. The molecular formula is C15H32N2. The van der Waals surface area contributed by atoms with Crippen LogP contribution in [0.4, 0.5) is 0 Å². The molecule has 1 N–H and O–H groups in total. The van der Waals surface area contributed by atoms with Gasteiger partial charge in [0.05, 0.1) is 0 Å². The molecule has 1 fully saturated rings. The van der Waals surface area contributed by atoms with Crippen molar-refractivity contribution in [2.24, 2.45) is 11.3 Å². The van der Waals surface area contributed by atoms with Gasteiger partial charge in [0.1, 0.15) is 0 Å². The first-order valence-corrected chi connectivity index (χ1v) is 7.55. The normalized spacial score (nSPS) is 21.0. The summed E-state index contributed by atoms with van der Waals surface area (Å²) in [6.07, 6.45) is 5.54. The van der Waals surface area contributed by atoms with Gasteiger partial charge in [-0.2, -0.15) is 0 Å². The largest absolute Gasteiger partial charge is 0.315 e. The van der Waals surface area contributed by atoms with Crippen LogP contribution in [-0.2, 0) is 0 Å². The molecule has 1 rings (SSSR count). The SMILES string of the molecule is CCC1(CC)CCN(CCNCC(C)C)CC1.